The van der Waals surface area contributed by atoms with Crippen molar-refractivity contribution >= 4 is 5.91 Å². The number of likely N-dealkylation sites (tertiary alicyclic amines) is 1. The first-order chi connectivity index (χ1) is 9.31. The zero-order valence-corrected chi connectivity index (χ0v) is 11.4. The topological polar surface area (TPSA) is 32.3 Å². The van der Waals surface area contributed by atoms with E-state index in [1.165, 1.54) is 37.1 Å². The largest absolute Gasteiger partial charge is 0.352 e. The van der Waals surface area contributed by atoms with Gasteiger partial charge in [-0.2, -0.15) is 0 Å². The van der Waals surface area contributed by atoms with Crippen molar-refractivity contribution in [2.24, 2.45) is 5.92 Å². The number of rotatable bonds is 5. The molecule has 1 N–H and O–H groups in total. The highest BCUT2D eigenvalue weighted by Crippen LogP contribution is 2.28. The summed E-state index contributed by atoms with van der Waals surface area (Å²) in [5, 5.41) is 3.00. The van der Waals surface area contributed by atoms with Crippen molar-refractivity contribution in [1.82, 2.24) is 10.2 Å². The number of amides is 1. The Balaban J connectivity index is 1.48. The third-order valence-corrected chi connectivity index (χ3v) is 4.04. The minimum absolute atomic E-state index is 0.223. The Morgan fingerprint density at radius 3 is 2.37 bits per heavy atom. The Kier molecular flexibility index (Phi) is 3.83. The molecule has 2 fully saturated rings. The molecule has 1 aliphatic carbocycles. The van der Waals surface area contributed by atoms with Gasteiger partial charge in [-0.3, -0.25) is 9.69 Å². The Labute approximate surface area is 115 Å². The maximum atomic E-state index is 11.6. The van der Waals surface area contributed by atoms with Crippen LogP contribution in [0.15, 0.2) is 24.3 Å². The predicted molar refractivity (Wildman–Crippen MR) is 75.5 cm³/mol. The van der Waals surface area contributed by atoms with Crippen molar-refractivity contribution in [3.8, 4) is 0 Å². The molecule has 0 bridgehead atoms. The second kappa shape index (κ2) is 5.74. The van der Waals surface area contributed by atoms with Gasteiger partial charge in [0.2, 0.25) is 5.91 Å². The number of hydrogen-bond acceptors (Lipinski definition) is 2. The van der Waals surface area contributed by atoms with E-state index in [4.69, 9.17) is 0 Å². The van der Waals surface area contributed by atoms with E-state index in [0.29, 0.717) is 12.5 Å². The molecule has 0 unspecified atom stereocenters. The summed E-state index contributed by atoms with van der Waals surface area (Å²) in [7, 11) is 0. The lowest BCUT2D eigenvalue weighted by molar-refractivity contribution is -0.122. The highest BCUT2D eigenvalue weighted by molar-refractivity contribution is 5.80. The molecule has 3 rings (SSSR count). The molecule has 0 aromatic heterocycles. The lowest BCUT2D eigenvalue weighted by Crippen LogP contribution is -2.24. The Morgan fingerprint density at radius 2 is 1.74 bits per heavy atom. The number of carbonyl (C=O) groups excluding carboxylic acids is 1. The second-order valence-electron chi connectivity index (χ2n) is 5.79. The minimum atomic E-state index is 0.223. The van der Waals surface area contributed by atoms with Gasteiger partial charge in [-0.05, 0) is 49.9 Å². The highest BCUT2D eigenvalue weighted by Gasteiger charge is 2.29. The van der Waals surface area contributed by atoms with Gasteiger partial charge < -0.3 is 5.32 Å². The number of carbonyl (C=O) groups is 1. The zero-order chi connectivity index (χ0) is 13.1. The van der Waals surface area contributed by atoms with Crippen LogP contribution in [0.3, 0.4) is 0 Å². The quantitative estimate of drug-likeness (QED) is 0.879. The van der Waals surface area contributed by atoms with Crippen LogP contribution in [0.4, 0.5) is 0 Å². The highest BCUT2D eigenvalue weighted by atomic mass is 16.2. The van der Waals surface area contributed by atoms with Crippen LogP contribution in [-0.2, 0) is 17.9 Å². The van der Waals surface area contributed by atoms with Gasteiger partial charge in [-0.1, -0.05) is 24.3 Å². The monoisotopic (exact) mass is 258 g/mol. The van der Waals surface area contributed by atoms with Gasteiger partial charge in [-0.15, -0.1) is 0 Å². The fourth-order valence-corrected chi connectivity index (χ4v) is 2.64. The van der Waals surface area contributed by atoms with E-state index in [1.807, 2.05) is 0 Å². The summed E-state index contributed by atoms with van der Waals surface area (Å²) < 4.78 is 0. The third kappa shape index (κ3) is 3.57. The SMILES string of the molecule is O=C(NCc1ccc(CN2CCCC2)cc1)C1CC1. The molecule has 3 nitrogen and oxygen atoms in total. The normalized spacial score (nSPS) is 19.6. The first kappa shape index (κ1) is 12.7. The third-order valence-electron chi connectivity index (χ3n) is 4.04. The Bertz CT molecular complexity index is 431. The number of benzene rings is 1. The molecule has 0 spiro atoms. The number of nitrogens with one attached hydrogen (secondary N) is 1. The van der Waals surface area contributed by atoms with E-state index < -0.39 is 0 Å². The van der Waals surface area contributed by atoms with Crippen molar-refractivity contribution in [3.05, 3.63) is 35.4 Å². The molecular weight excluding hydrogens is 236 g/mol. The van der Waals surface area contributed by atoms with Gasteiger partial charge in [0.15, 0.2) is 0 Å². The second-order valence-corrected chi connectivity index (χ2v) is 5.79. The molecule has 1 heterocycles. The van der Waals surface area contributed by atoms with Gasteiger partial charge in [0, 0.05) is 19.0 Å². The molecule has 102 valence electrons. The molecule has 1 aliphatic heterocycles. The summed E-state index contributed by atoms with van der Waals surface area (Å²) in [5.74, 6) is 0.524. The lowest BCUT2D eigenvalue weighted by Gasteiger charge is -2.14. The predicted octanol–water partition coefficient (Wildman–Crippen LogP) is 2.31. The van der Waals surface area contributed by atoms with E-state index in [-0.39, 0.29) is 5.91 Å². The van der Waals surface area contributed by atoms with Gasteiger partial charge in [0.05, 0.1) is 0 Å². The summed E-state index contributed by atoms with van der Waals surface area (Å²) in [6, 6.07) is 8.66. The number of nitrogens with zero attached hydrogens (tertiary/aromatic N) is 1. The fourth-order valence-electron chi connectivity index (χ4n) is 2.64. The first-order valence-corrected chi connectivity index (χ1v) is 7.39. The van der Waals surface area contributed by atoms with Crippen LogP contribution < -0.4 is 5.32 Å². The van der Waals surface area contributed by atoms with Crippen LogP contribution in [0, 0.1) is 5.92 Å². The van der Waals surface area contributed by atoms with Crippen LogP contribution in [-0.4, -0.2) is 23.9 Å². The lowest BCUT2D eigenvalue weighted by atomic mass is 10.1. The smallest absolute Gasteiger partial charge is 0.223 e. The fraction of sp³-hybridized carbons (Fsp3) is 0.562. The maximum Gasteiger partial charge on any atom is 0.223 e. The van der Waals surface area contributed by atoms with Crippen LogP contribution >= 0.6 is 0 Å². The van der Waals surface area contributed by atoms with Crippen LogP contribution in [0.1, 0.15) is 36.8 Å². The molecule has 0 atom stereocenters. The van der Waals surface area contributed by atoms with Crippen molar-refractivity contribution in [2.75, 3.05) is 13.1 Å². The molecule has 0 radical (unpaired) electrons. The zero-order valence-electron chi connectivity index (χ0n) is 11.4. The molecule has 1 saturated heterocycles. The summed E-state index contributed by atoms with van der Waals surface area (Å²) in [4.78, 5) is 14.1. The van der Waals surface area contributed by atoms with Crippen LogP contribution in [0.25, 0.3) is 0 Å². The van der Waals surface area contributed by atoms with E-state index in [2.05, 4.69) is 34.5 Å². The molecule has 2 aliphatic rings. The number of hydrogen-bond donors (Lipinski definition) is 1. The van der Waals surface area contributed by atoms with Crippen LogP contribution in [0.2, 0.25) is 0 Å². The molecule has 1 saturated carbocycles. The van der Waals surface area contributed by atoms with Crippen molar-refractivity contribution in [1.29, 1.82) is 0 Å². The molecule has 1 amide bonds. The standard InChI is InChI=1S/C16H22N2O/c19-16(15-7-8-15)17-11-13-3-5-14(6-4-13)12-18-9-1-2-10-18/h3-6,15H,1-2,7-12H2,(H,17,19). The van der Waals surface area contributed by atoms with E-state index >= 15 is 0 Å². The van der Waals surface area contributed by atoms with E-state index in [9.17, 15) is 4.79 Å². The van der Waals surface area contributed by atoms with Gasteiger partial charge >= 0.3 is 0 Å². The molecule has 3 heteroatoms. The average molecular weight is 258 g/mol. The average Bonchev–Trinajstić information content (AvgIpc) is 3.17. The molecule has 1 aromatic carbocycles. The van der Waals surface area contributed by atoms with E-state index in [1.54, 1.807) is 0 Å². The molecule has 1 aromatic rings. The molecular formula is C16H22N2O. The van der Waals surface area contributed by atoms with Crippen molar-refractivity contribution in [3.63, 3.8) is 0 Å². The maximum absolute atomic E-state index is 11.6. The Morgan fingerprint density at radius 1 is 1.11 bits per heavy atom. The summed E-state index contributed by atoms with van der Waals surface area (Å²) in [6.45, 7) is 4.20. The van der Waals surface area contributed by atoms with E-state index in [0.717, 1.165) is 19.4 Å². The first-order valence-electron chi connectivity index (χ1n) is 7.39. The van der Waals surface area contributed by atoms with Gasteiger partial charge in [0.25, 0.3) is 0 Å². The molecule has 19 heavy (non-hydrogen) atoms. The summed E-state index contributed by atoms with van der Waals surface area (Å²) >= 11 is 0. The van der Waals surface area contributed by atoms with Gasteiger partial charge in [0.1, 0.15) is 0 Å². The minimum Gasteiger partial charge on any atom is -0.352 e. The van der Waals surface area contributed by atoms with Crippen LogP contribution in [0.5, 0.6) is 0 Å². The van der Waals surface area contributed by atoms with Crippen molar-refractivity contribution < 1.29 is 4.79 Å². The summed E-state index contributed by atoms with van der Waals surface area (Å²) in [5.41, 5.74) is 2.57. The Hall–Kier alpha value is -1.35. The van der Waals surface area contributed by atoms with Crippen molar-refractivity contribution in [2.45, 2.75) is 38.8 Å². The van der Waals surface area contributed by atoms with Gasteiger partial charge in [-0.25, -0.2) is 0 Å². The summed E-state index contributed by atoms with van der Waals surface area (Å²) in [6.07, 6.45) is 4.82.